The van der Waals surface area contributed by atoms with Gasteiger partial charge in [-0.15, -0.1) is 0 Å². The Hall–Kier alpha value is -1.94. The molecule has 4 rings (SSSR count). The molecule has 1 aliphatic heterocycles. The number of anilines is 1. The number of rotatable bonds is 5. The number of nitrogens with two attached hydrogens (primary N) is 1. The monoisotopic (exact) mass is 364 g/mol. The topological polar surface area (TPSA) is 63.8 Å². The van der Waals surface area contributed by atoms with Gasteiger partial charge in [0.2, 0.25) is 5.95 Å². The number of hydrogen-bond donors (Lipinski definition) is 2. The molecule has 0 amide bonds. The van der Waals surface area contributed by atoms with Crippen LogP contribution in [0.3, 0.4) is 0 Å². The molecule has 3 unspecified atom stereocenters. The normalized spacial score (nSPS) is 25.9. The summed E-state index contributed by atoms with van der Waals surface area (Å²) in [6, 6.07) is 11.4. The zero-order chi connectivity index (χ0) is 18.8. The van der Waals surface area contributed by atoms with Gasteiger partial charge in [0.25, 0.3) is 0 Å². The van der Waals surface area contributed by atoms with Gasteiger partial charge in [-0.3, -0.25) is 0 Å². The average molecular weight is 365 g/mol. The molecule has 1 fully saturated rings. The third-order valence-corrected chi connectivity index (χ3v) is 6.48. The van der Waals surface area contributed by atoms with Crippen LogP contribution in [0.2, 0.25) is 0 Å². The van der Waals surface area contributed by atoms with E-state index in [0.29, 0.717) is 23.8 Å². The van der Waals surface area contributed by atoms with Crippen molar-refractivity contribution in [3.63, 3.8) is 0 Å². The highest BCUT2D eigenvalue weighted by Crippen LogP contribution is 2.40. The van der Waals surface area contributed by atoms with E-state index in [1.165, 1.54) is 41.8 Å². The molecule has 1 aromatic carbocycles. The lowest BCUT2D eigenvalue weighted by molar-refractivity contribution is 0.439. The molecule has 1 saturated heterocycles. The first-order valence-electron chi connectivity index (χ1n) is 10.6. The summed E-state index contributed by atoms with van der Waals surface area (Å²) in [7, 11) is 0. The number of nitrogens with zero attached hydrogens (tertiary/aromatic N) is 2. The third kappa shape index (κ3) is 3.86. The molecule has 4 heteroatoms. The van der Waals surface area contributed by atoms with Crippen molar-refractivity contribution >= 4 is 5.95 Å². The second-order valence-corrected chi connectivity index (χ2v) is 8.44. The highest BCUT2D eigenvalue weighted by molar-refractivity contribution is 5.42. The molecule has 27 heavy (non-hydrogen) atoms. The fourth-order valence-electron chi connectivity index (χ4n) is 5.14. The summed E-state index contributed by atoms with van der Waals surface area (Å²) in [5.74, 6) is 2.02. The Kier molecular flexibility index (Phi) is 5.44. The lowest BCUT2D eigenvalue weighted by Crippen LogP contribution is -2.21. The van der Waals surface area contributed by atoms with Gasteiger partial charge in [0.1, 0.15) is 0 Å². The van der Waals surface area contributed by atoms with E-state index in [4.69, 9.17) is 15.7 Å². The number of nitrogens with one attached hydrogen (secondary N) is 1. The van der Waals surface area contributed by atoms with Crippen LogP contribution in [0.1, 0.15) is 80.3 Å². The summed E-state index contributed by atoms with van der Waals surface area (Å²) in [6.45, 7) is 5.71. The van der Waals surface area contributed by atoms with E-state index in [0.717, 1.165) is 31.7 Å². The third-order valence-electron chi connectivity index (χ3n) is 6.48. The smallest absolute Gasteiger partial charge is 0.220 e. The van der Waals surface area contributed by atoms with Gasteiger partial charge in [0.15, 0.2) is 0 Å². The summed E-state index contributed by atoms with van der Waals surface area (Å²) in [5.41, 5.74) is 11.4. The molecule has 144 valence electrons. The highest BCUT2D eigenvalue weighted by atomic mass is 15.0. The minimum Gasteiger partial charge on any atom is -0.368 e. The maximum absolute atomic E-state index is 6.21. The summed E-state index contributed by atoms with van der Waals surface area (Å²) >= 11 is 0. The Morgan fingerprint density at radius 3 is 2.74 bits per heavy atom. The molecule has 4 nitrogen and oxygen atoms in total. The lowest BCUT2D eigenvalue weighted by atomic mass is 9.78. The van der Waals surface area contributed by atoms with Crippen molar-refractivity contribution in [2.45, 2.75) is 70.3 Å². The van der Waals surface area contributed by atoms with Crippen molar-refractivity contribution in [1.29, 1.82) is 0 Å². The Labute approximate surface area is 163 Å². The zero-order valence-electron chi connectivity index (χ0n) is 16.6. The second kappa shape index (κ2) is 7.97. The molecule has 2 heterocycles. The van der Waals surface area contributed by atoms with Gasteiger partial charge in [0, 0.05) is 17.9 Å². The molecule has 2 aromatic rings. The van der Waals surface area contributed by atoms with Crippen molar-refractivity contribution in [1.82, 2.24) is 15.3 Å². The number of aromatic nitrogens is 2. The minimum atomic E-state index is 0.352. The lowest BCUT2D eigenvalue weighted by Gasteiger charge is -2.29. The molecule has 0 bridgehead atoms. The van der Waals surface area contributed by atoms with Gasteiger partial charge in [-0.25, -0.2) is 9.97 Å². The van der Waals surface area contributed by atoms with E-state index in [1.807, 2.05) is 0 Å². The van der Waals surface area contributed by atoms with Crippen LogP contribution in [0.25, 0.3) is 0 Å². The SMILES string of the molecule is CCC(CC1CN[C@H](C)C1)c1nc(N)nc2c1CCCC2c1ccccc1. The molecular weight excluding hydrogens is 332 g/mol. The van der Waals surface area contributed by atoms with Crippen LogP contribution >= 0.6 is 0 Å². The van der Waals surface area contributed by atoms with Crippen molar-refractivity contribution in [3.8, 4) is 0 Å². The van der Waals surface area contributed by atoms with Crippen molar-refractivity contribution in [3.05, 3.63) is 52.8 Å². The van der Waals surface area contributed by atoms with E-state index in [-0.39, 0.29) is 0 Å². The van der Waals surface area contributed by atoms with Gasteiger partial charge in [-0.05, 0) is 69.0 Å². The second-order valence-electron chi connectivity index (χ2n) is 8.44. The fourth-order valence-corrected chi connectivity index (χ4v) is 5.14. The van der Waals surface area contributed by atoms with Crippen molar-refractivity contribution in [2.75, 3.05) is 12.3 Å². The molecule has 2 aliphatic rings. The van der Waals surface area contributed by atoms with Gasteiger partial charge >= 0.3 is 0 Å². The van der Waals surface area contributed by atoms with Crippen LogP contribution in [0.5, 0.6) is 0 Å². The van der Waals surface area contributed by atoms with Crippen molar-refractivity contribution < 1.29 is 0 Å². The van der Waals surface area contributed by atoms with E-state index < -0.39 is 0 Å². The van der Waals surface area contributed by atoms with E-state index in [2.05, 4.69) is 49.5 Å². The quantitative estimate of drug-likeness (QED) is 0.825. The summed E-state index contributed by atoms with van der Waals surface area (Å²) in [4.78, 5) is 9.54. The van der Waals surface area contributed by atoms with Gasteiger partial charge in [0.05, 0.1) is 11.4 Å². The molecule has 1 aliphatic carbocycles. The van der Waals surface area contributed by atoms with Crippen LogP contribution < -0.4 is 11.1 Å². The van der Waals surface area contributed by atoms with Crippen LogP contribution in [0.15, 0.2) is 30.3 Å². The molecule has 0 spiro atoms. The average Bonchev–Trinajstić information content (AvgIpc) is 3.10. The summed E-state index contributed by atoms with van der Waals surface area (Å²) in [6.07, 6.45) is 7.02. The predicted molar refractivity (Wildman–Crippen MR) is 111 cm³/mol. The van der Waals surface area contributed by atoms with Gasteiger partial charge in [-0.2, -0.15) is 0 Å². The molecule has 3 N–H and O–H groups in total. The number of benzene rings is 1. The first-order valence-corrected chi connectivity index (χ1v) is 10.6. The van der Waals surface area contributed by atoms with E-state index in [9.17, 15) is 0 Å². The van der Waals surface area contributed by atoms with Crippen molar-refractivity contribution in [2.24, 2.45) is 5.92 Å². The molecule has 0 radical (unpaired) electrons. The number of fused-ring (bicyclic) bond motifs is 1. The largest absolute Gasteiger partial charge is 0.368 e. The van der Waals surface area contributed by atoms with Gasteiger partial charge in [-0.1, -0.05) is 37.3 Å². The fraction of sp³-hybridized carbons (Fsp3) is 0.565. The minimum absolute atomic E-state index is 0.352. The first kappa shape index (κ1) is 18.4. The Morgan fingerprint density at radius 1 is 1.22 bits per heavy atom. The maximum Gasteiger partial charge on any atom is 0.220 e. The highest BCUT2D eigenvalue weighted by Gasteiger charge is 2.31. The van der Waals surface area contributed by atoms with Crippen LogP contribution in [-0.4, -0.2) is 22.6 Å². The van der Waals surface area contributed by atoms with Crippen LogP contribution in [-0.2, 0) is 6.42 Å². The number of hydrogen-bond acceptors (Lipinski definition) is 4. The predicted octanol–water partition coefficient (Wildman–Crippen LogP) is 4.41. The Morgan fingerprint density at radius 2 is 2.04 bits per heavy atom. The molecule has 1 aromatic heterocycles. The molecule has 4 atom stereocenters. The Balaban J connectivity index is 1.68. The van der Waals surface area contributed by atoms with Gasteiger partial charge < -0.3 is 11.1 Å². The van der Waals surface area contributed by atoms with Crippen LogP contribution in [0.4, 0.5) is 5.95 Å². The summed E-state index contributed by atoms with van der Waals surface area (Å²) in [5, 5.41) is 3.60. The standard InChI is InChI=1S/C23H32N4/c1-3-17(13-16-12-15(2)25-14-16)21-20-11-7-10-19(18-8-5-4-6-9-18)22(20)27-23(24)26-21/h4-6,8-9,15-17,19,25H,3,7,10-14H2,1-2H3,(H2,24,26,27)/t15-,16?,17?,19?/m1/s1. The maximum atomic E-state index is 6.21. The van der Waals surface area contributed by atoms with Crippen LogP contribution in [0, 0.1) is 5.92 Å². The Bertz CT molecular complexity index is 773. The first-order chi connectivity index (χ1) is 13.2. The van der Waals surface area contributed by atoms with E-state index in [1.54, 1.807) is 0 Å². The zero-order valence-corrected chi connectivity index (χ0v) is 16.6. The molecular formula is C23H32N4. The molecule has 0 saturated carbocycles. The number of nitrogen functional groups attached to an aromatic ring is 1. The summed E-state index contributed by atoms with van der Waals surface area (Å²) < 4.78 is 0. The van der Waals surface area contributed by atoms with E-state index >= 15 is 0 Å².